The molecule has 0 aliphatic rings. The number of rotatable bonds is 7. The molecular formula is C23H26N6. The molecule has 0 unspecified atom stereocenters. The monoisotopic (exact) mass is 386 g/mol. The number of hydrogen-bond acceptors (Lipinski definition) is 5. The van der Waals surface area contributed by atoms with Gasteiger partial charge in [0.2, 0.25) is 5.95 Å². The number of nitrogens with zero attached hydrogens (tertiary/aromatic N) is 4. The van der Waals surface area contributed by atoms with Gasteiger partial charge in [0.25, 0.3) is 0 Å². The molecule has 148 valence electrons. The van der Waals surface area contributed by atoms with Crippen LogP contribution in [0.3, 0.4) is 0 Å². The van der Waals surface area contributed by atoms with Crippen LogP contribution in [0.2, 0.25) is 0 Å². The molecule has 6 nitrogen and oxygen atoms in total. The highest BCUT2D eigenvalue weighted by Gasteiger charge is 2.15. The van der Waals surface area contributed by atoms with Crippen LogP contribution in [-0.4, -0.2) is 26.3 Å². The first-order valence-electron chi connectivity index (χ1n) is 9.99. The van der Waals surface area contributed by atoms with Crippen molar-refractivity contribution in [2.24, 2.45) is 5.92 Å². The van der Waals surface area contributed by atoms with E-state index >= 15 is 0 Å². The van der Waals surface area contributed by atoms with E-state index in [1.807, 2.05) is 53.3 Å². The van der Waals surface area contributed by atoms with E-state index in [9.17, 15) is 0 Å². The summed E-state index contributed by atoms with van der Waals surface area (Å²) in [5.74, 6) is 1.97. The molecule has 0 aliphatic carbocycles. The molecule has 29 heavy (non-hydrogen) atoms. The summed E-state index contributed by atoms with van der Waals surface area (Å²) in [5, 5.41) is 12.3. The van der Waals surface area contributed by atoms with Crippen LogP contribution in [0.4, 0.5) is 17.5 Å². The van der Waals surface area contributed by atoms with Gasteiger partial charge in [-0.15, -0.1) is 0 Å². The first-order valence-corrected chi connectivity index (χ1v) is 9.99. The summed E-state index contributed by atoms with van der Waals surface area (Å²) in [4.78, 5) is 9.53. The average Bonchev–Trinajstić information content (AvgIpc) is 3.14. The lowest BCUT2D eigenvalue weighted by molar-refractivity contribution is 0.606. The van der Waals surface area contributed by atoms with E-state index in [2.05, 4.69) is 48.6 Å². The zero-order chi connectivity index (χ0) is 20.2. The Hall–Kier alpha value is -3.41. The number of fused-ring (bicyclic) bond motifs is 1. The fourth-order valence-corrected chi connectivity index (χ4v) is 3.15. The summed E-state index contributed by atoms with van der Waals surface area (Å²) in [6.07, 6.45) is 2.88. The maximum absolute atomic E-state index is 4.77. The van der Waals surface area contributed by atoms with E-state index in [1.54, 1.807) is 0 Å². The molecule has 0 atom stereocenters. The van der Waals surface area contributed by atoms with Crippen molar-refractivity contribution >= 4 is 28.5 Å². The second-order valence-electron chi connectivity index (χ2n) is 7.57. The first-order chi connectivity index (χ1) is 14.1. The lowest BCUT2D eigenvalue weighted by Gasteiger charge is -2.13. The largest absolute Gasteiger partial charge is 0.354 e. The third-order valence-electron chi connectivity index (χ3n) is 4.83. The molecule has 4 aromatic rings. The highest BCUT2D eigenvalue weighted by atomic mass is 15.3. The molecule has 0 fully saturated rings. The van der Waals surface area contributed by atoms with Crippen molar-refractivity contribution in [3.05, 3.63) is 66.4 Å². The highest BCUT2D eigenvalue weighted by molar-refractivity contribution is 5.90. The lowest BCUT2D eigenvalue weighted by Crippen LogP contribution is -2.10. The number of benzene rings is 2. The Bertz CT molecular complexity index is 1100. The predicted molar refractivity (Wildman–Crippen MR) is 119 cm³/mol. The van der Waals surface area contributed by atoms with Gasteiger partial charge in [-0.1, -0.05) is 50.2 Å². The fraction of sp³-hybridized carbons (Fsp3) is 0.261. The minimum atomic E-state index is 0.604. The molecule has 0 radical (unpaired) electrons. The number of aryl methyl sites for hydroxylation is 1. The maximum Gasteiger partial charge on any atom is 0.226 e. The van der Waals surface area contributed by atoms with Gasteiger partial charge in [-0.05, 0) is 43.0 Å². The molecule has 2 N–H and O–H groups in total. The maximum atomic E-state index is 4.77. The molecule has 0 saturated heterocycles. The second-order valence-corrected chi connectivity index (χ2v) is 7.57. The minimum absolute atomic E-state index is 0.604. The van der Waals surface area contributed by atoms with Gasteiger partial charge in [0.05, 0.1) is 17.3 Å². The van der Waals surface area contributed by atoms with Gasteiger partial charge in [-0.3, -0.25) is 0 Å². The van der Waals surface area contributed by atoms with Crippen LogP contribution in [0, 0.1) is 12.8 Å². The molecule has 6 heteroatoms. The molecule has 0 bridgehead atoms. The average molecular weight is 387 g/mol. The van der Waals surface area contributed by atoms with Crippen LogP contribution < -0.4 is 10.6 Å². The van der Waals surface area contributed by atoms with E-state index in [4.69, 9.17) is 9.97 Å². The van der Waals surface area contributed by atoms with E-state index in [1.165, 1.54) is 0 Å². The SMILES string of the molecule is Cc1ccccc1Nc1nc(NCCC(C)C)nc2c1cnn2-c1ccccc1. The summed E-state index contributed by atoms with van der Waals surface area (Å²) in [6, 6.07) is 18.2. The standard InChI is InChI=1S/C23H26N6/c1-16(2)13-14-24-23-27-21(26-20-12-8-7-9-17(20)3)19-15-25-29(22(19)28-23)18-10-5-4-6-11-18/h4-12,15-16H,13-14H2,1-3H3,(H2,24,26,27,28). The van der Waals surface area contributed by atoms with E-state index in [-0.39, 0.29) is 0 Å². The quantitative estimate of drug-likeness (QED) is 0.450. The summed E-state index contributed by atoms with van der Waals surface area (Å²) < 4.78 is 1.85. The zero-order valence-corrected chi connectivity index (χ0v) is 17.1. The number of para-hydroxylation sites is 2. The van der Waals surface area contributed by atoms with Gasteiger partial charge in [-0.25, -0.2) is 4.68 Å². The van der Waals surface area contributed by atoms with E-state index in [0.29, 0.717) is 11.9 Å². The van der Waals surface area contributed by atoms with Gasteiger partial charge < -0.3 is 10.6 Å². The van der Waals surface area contributed by atoms with E-state index in [0.717, 1.165) is 46.8 Å². The normalized spacial score (nSPS) is 11.2. The van der Waals surface area contributed by atoms with Crippen molar-refractivity contribution in [3.8, 4) is 5.69 Å². The first kappa shape index (κ1) is 18.9. The Balaban J connectivity index is 1.78. The Morgan fingerprint density at radius 2 is 1.72 bits per heavy atom. The zero-order valence-electron chi connectivity index (χ0n) is 17.1. The molecule has 0 aliphatic heterocycles. The molecule has 0 saturated carbocycles. The van der Waals surface area contributed by atoms with Crippen molar-refractivity contribution in [1.29, 1.82) is 0 Å². The van der Waals surface area contributed by atoms with Crippen LogP contribution >= 0.6 is 0 Å². The molecule has 2 aromatic heterocycles. The van der Waals surface area contributed by atoms with Gasteiger partial charge in [0.15, 0.2) is 5.65 Å². The van der Waals surface area contributed by atoms with Crippen molar-refractivity contribution in [2.45, 2.75) is 27.2 Å². The van der Waals surface area contributed by atoms with Crippen LogP contribution in [0.25, 0.3) is 16.7 Å². The Morgan fingerprint density at radius 3 is 2.48 bits per heavy atom. The lowest BCUT2D eigenvalue weighted by atomic mass is 10.1. The second kappa shape index (κ2) is 8.31. The summed E-state index contributed by atoms with van der Waals surface area (Å²) in [5.41, 5.74) is 3.92. The number of anilines is 3. The van der Waals surface area contributed by atoms with E-state index < -0.39 is 0 Å². The van der Waals surface area contributed by atoms with Crippen molar-refractivity contribution < 1.29 is 0 Å². The number of hydrogen-bond donors (Lipinski definition) is 2. The summed E-state index contributed by atoms with van der Waals surface area (Å²) >= 11 is 0. The molecule has 2 heterocycles. The predicted octanol–water partition coefficient (Wildman–Crippen LogP) is 5.33. The third-order valence-corrected chi connectivity index (χ3v) is 4.83. The third kappa shape index (κ3) is 4.21. The van der Waals surface area contributed by atoms with Crippen molar-refractivity contribution in [2.75, 3.05) is 17.2 Å². The van der Waals surface area contributed by atoms with Crippen LogP contribution in [0.1, 0.15) is 25.8 Å². The molecule has 0 amide bonds. The van der Waals surface area contributed by atoms with Crippen molar-refractivity contribution in [3.63, 3.8) is 0 Å². The number of nitrogens with one attached hydrogen (secondary N) is 2. The Labute approximate surface area is 171 Å². The van der Waals surface area contributed by atoms with Crippen LogP contribution in [0.5, 0.6) is 0 Å². The van der Waals surface area contributed by atoms with Crippen LogP contribution in [0.15, 0.2) is 60.8 Å². The van der Waals surface area contributed by atoms with Crippen molar-refractivity contribution in [1.82, 2.24) is 19.7 Å². The highest BCUT2D eigenvalue weighted by Crippen LogP contribution is 2.28. The van der Waals surface area contributed by atoms with Crippen LogP contribution in [-0.2, 0) is 0 Å². The smallest absolute Gasteiger partial charge is 0.226 e. The van der Waals surface area contributed by atoms with Gasteiger partial charge in [0, 0.05) is 12.2 Å². The molecular weight excluding hydrogens is 360 g/mol. The van der Waals surface area contributed by atoms with Gasteiger partial charge in [-0.2, -0.15) is 15.1 Å². The van der Waals surface area contributed by atoms with Gasteiger partial charge in [0.1, 0.15) is 5.82 Å². The fourth-order valence-electron chi connectivity index (χ4n) is 3.15. The Kier molecular flexibility index (Phi) is 5.42. The molecule has 2 aromatic carbocycles. The topological polar surface area (TPSA) is 67.7 Å². The number of aromatic nitrogens is 4. The summed E-state index contributed by atoms with van der Waals surface area (Å²) in [6.45, 7) is 7.32. The molecule has 4 rings (SSSR count). The Morgan fingerprint density at radius 1 is 0.966 bits per heavy atom. The minimum Gasteiger partial charge on any atom is -0.354 e. The van der Waals surface area contributed by atoms with Gasteiger partial charge >= 0.3 is 0 Å². The molecule has 0 spiro atoms. The summed E-state index contributed by atoms with van der Waals surface area (Å²) in [7, 11) is 0.